The topological polar surface area (TPSA) is 46.2 Å². The predicted molar refractivity (Wildman–Crippen MR) is 119 cm³/mol. The molecule has 0 unspecified atom stereocenters. The normalized spacial score (nSPS) is 14.3. The van der Waals surface area contributed by atoms with Gasteiger partial charge in [-0.2, -0.15) is 0 Å². The summed E-state index contributed by atoms with van der Waals surface area (Å²) in [7, 11) is 0. The van der Waals surface area contributed by atoms with Crippen molar-refractivity contribution in [3.05, 3.63) is 62.2 Å². The van der Waals surface area contributed by atoms with Crippen molar-refractivity contribution in [3.8, 4) is 0 Å². The Morgan fingerprint density at radius 2 is 0.920 bits per heavy atom. The smallest absolute Gasteiger partial charge is 0.259 e. The summed E-state index contributed by atoms with van der Waals surface area (Å²) in [4.78, 5) is 25.0. The lowest BCUT2D eigenvalue weighted by atomic mass is 9.96. The molecule has 3 nitrogen and oxygen atoms in total. The van der Waals surface area contributed by atoms with E-state index in [0.717, 1.165) is 17.9 Å². The van der Waals surface area contributed by atoms with Gasteiger partial charge >= 0.3 is 0 Å². The maximum Gasteiger partial charge on any atom is 0.259 e. The van der Waals surface area contributed by atoms with Crippen LogP contribution in [0.5, 0.6) is 0 Å². The zero-order chi connectivity index (χ0) is 18.5. The maximum absolute atomic E-state index is 12.5. The highest BCUT2D eigenvalue weighted by Crippen LogP contribution is 2.43. The van der Waals surface area contributed by atoms with E-state index in [-0.39, 0.29) is 0 Å². The van der Waals surface area contributed by atoms with Crippen molar-refractivity contribution in [3.63, 3.8) is 0 Å². The van der Waals surface area contributed by atoms with Gasteiger partial charge in [-0.3, -0.25) is 14.9 Å². The lowest BCUT2D eigenvalue weighted by molar-refractivity contribution is -0.122. The average Bonchev–Trinajstić information content (AvgIpc) is 2.85. The average molecular weight is 723 g/mol. The van der Waals surface area contributed by atoms with E-state index in [2.05, 4.69) is 101 Å². The molecule has 0 aliphatic carbocycles. The zero-order valence-corrected chi connectivity index (χ0v) is 21.4. The number of hydrogen-bond donors (Lipinski definition) is 1. The quantitative estimate of drug-likeness (QED) is 0.273. The van der Waals surface area contributed by atoms with E-state index in [1.807, 2.05) is 12.1 Å². The van der Waals surface area contributed by atoms with E-state index in [9.17, 15) is 9.59 Å². The van der Waals surface area contributed by atoms with Crippen molar-refractivity contribution < 1.29 is 9.59 Å². The summed E-state index contributed by atoms with van der Waals surface area (Å²) in [6, 6.07) is 7.21. The third-order valence-electron chi connectivity index (χ3n) is 3.54. The molecular weight excluding hydrogens is 718 g/mol. The Balaban J connectivity index is 2.36. The van der Waals surface area contributed by atoms with E-state index in [0.29, 0.717) is 31.2 Å². The third kappa shape index (κ3) is 3.52. The van der Waals surface area contributed by atoms with Crippen molar-refractivity contribution in [1.29, 1.82) is 0 Å². The lowest BCUT2D eigenvalue weighted by Crippen LogP contribution is -2.22. The minimum Gasteiger partial charge on any atom is -0.288 e. The summed E-state index contributed by atoms with van der Waals surface area (Å²) in [5.74, 6) is -0.860. The second-order valence-corrected chi connectivity index (χ2v) is 9.86. The summed E-state index contributed by atoms with van der Waals surface area (Å²) in [5, 5.41) is 2.39. The van der Waals surface area contributed by atoms with Crippen molar-refractivity contribution >= 4 is 119 Å². The Labute approximate surface area is 193 Å². The van der Waals surface area contributed by atoms with Crippen LogP contribution in [0.25, 0.3) is 11.1 Å². The molecule has 9 heteroatoms. The van der Waals surface area contributed by atoms with Crippen molar-refractivity contribution in [2.24, 2.45) is 0 Å². The Hall–Kier alpha value is 0.200. The van der Waals surface area contributed by atoms with Crippen molar-refractivity contribution in [1.82, 2.24) is 5.32 Å². The molecule has 0 saturated carbocycles. The molecule has 1 aliphatic heterocycles. The number of amides is 2. The van der Waals surface area contributed by atoms with Crippen LogP contribution in [-0.2, 0) is 9.59 Å². The molecule has 2 aromatic carbocycles. The van der Waals surface area contributed by atoms with Crippen LogP contribution in [0.15, 0.2) is 51.1 Å². The molecule has 0 bridgehead atoms. The van der Waals surface area contributed by atoms with Gasteiger partial charge in [0, 0.05) is 38.0 Å². The van der Waals surface area contributed by atoms with Crippen LogP contribution in [0.1, 0.15) is 11.1 Å². The molecule has 0 fully saturated rings. The molecular formula is C16H5Br6NO2. The van der Waals surface area contributed by atoms with E-state index < -0.39 is 11.8 Å². The number of benzene rings is 2. The molecule has 3 rings (SSSR count). The van der Waals surface area contributed by atoms with Crippen LogP contribution >= 0.6 is 95.6 Å². The Bertz CT molecular complexity index is 906. The number of imide groups is 1. The van der Waals surface area contributed by atoms with Crippen LogP contribution in [0, 0.1) is 0 Å². The van der Waals surface area contributed by atoms with Gasteiger partial charge in [-0.15, -0.1) is 0 Å². The minimum atomic E-state index is -0.430. The van der Waals surface area contributed by atoms with Crippen LogP contribution in [0.4, 0.5) is 0 Å². The monoisotopic (exact) mass is 717 g/mol. The predicted octanol–water partition coefficient (Wildman–Crippen LogP) is 6.83. The molecule has 1 aliphatic rings. The largest absolute Gasteiger partial charge is 0.288 e. The van der Waals surface area contributed by atoms with Crippen molar-refractivity contribution in [2.75, 3.05) is 0 Å². The summed E-state index contributed by atoms with van der Waals surface area (Å²) in [6.07, 6.45) is 0. The first-order valence-electron chi connectivity index (χ1n) is 6.61. The molecule has 1 heterocycles. The fraction of sp³-hybridized carbons (Fsp3) is 0. The van der Waals surface area contributed by atoms with E-state index in [4.69, 9.17) is 0 Å². The minimum absolute atomic E-state index is 0.319. The molecule has 0 saturated heterocycles. The SMILES string of the molecule is O=C1NC(=O)C(c2ccc(Br)c(Br)c2Br)=C1c1ccc(Br)c(Br)c1Br. The number of rotatable bonds is 2. The van der Waals surface area contributed by atoms with E-state index >= 15 is 0 Å². The molecule has 0 radical (unpaired) electrons. The van der Waals surface area contributed by atoms with Gasteiger partial charge in [-0.05, 0) is 108 Å². The standard InChI is InChI=1S/C16H5Br6NO2/c17-7-3-1-5(11(19)13(7)21)9-10(16(25)23-15(9)24)6-2-4-8(18)14(22)12(6)20/h1-4H,(H,23,24,25). The second-order valence-electron chi connectivity index (χ2n) is 4.98. The molecule has 2 amide bonds. The highest BCUT2D eigenvalue weighted by molar-refractivity contribution is 9.15. The number of carbonyl (C=O) groups is 2. The number of halogens is 6. The Kier molecular flexibility index (Phi) is 6.12. The van der Waals surface area contributed by atoms with Gasteiger partial charge in [0.1, 0.15) is 0 Å². The Morgan fingerprint density at radius 3 is 1.28 bits per heavy atom. The van der Waals surface area contributed by atoms with Gasteiger partial charge in [-0.1, -0.05) is 12.1 Å². The molecule has 0 atom stereocenters. The van der Waals surface area contributed by atoms with Gasteiger partial charge in [0.2, 0.25) is 0 Å². The van der Waals surface area contributed by atoms with Crippen molar-refractivity contribution in [2.45, 2.75) is 0 Å². The first-order chi connectivity index (χ1) is 11.7. The highest BCUT2D eigenvalue weighted by Gasteiger charge is 2.35. The number of nitrogens with one attached hydrogen (secondary N) is 1. The fourth-order valence-corrected chi connectivity index (χ4v) is 5.38. The van der Waals surface area contributed by atoms with Crippen LogP contribution in [0.3, 0.4) is 0 Å². The lowest BCUT2D eigenvalue weighted by Gasteiger charge is -2.12. The zero-order valence-electron chi connectivity index (χ0n) is 11.9. The summed E-state index contributed by atoms with van der Waals surface area (Å²) >= 11 is 20.8. The highest BCUT2D eigenvalue weighted by atomic mass is 79.9. The number of carbonyl (C=O) groups excluding carboxylic acids is 2. The van der Waals surface area contributed by atoms with Gasteiger partial charge in [-0.25, -0.2) is 0 Å². The summed E-state index contributed by atoms with van der Waals surface area (Å²) in [6.45, 7) is 0. The second kappa shape index (κ2) is 7.67. The molecule has 0 spiro atoms. The van der Waals surface area contributed by atoms with E-state index in [1.165, 1.54) is 0 Å². The van der Waals surface area contributed by atoms with Crippen LogP contribution < -0.4 is 5.32 Å². The van der Waals surface area contributed by atoms with Gasteiger partial charge in [0.15, 0.2) is 0 Å². The third-order valence-corrected chi connectivity index (χ3v) is 10.3. The first kappa shape index (κ1) is 19.9. The van der Waals surface area contributed by atoms with Crippen LogP contribution in [-0.4, -0.2) is 11.8 Å². The van der Waals surface area contributed by atoms with Gasteiger partial charge in [0.25, 0.3) is 11.8 Å². The summed E-state index contributed by atoms with van der Waals surface area (Å²) < 4.78 is 4.57. The summed E-state index contributed by atoms with van der Waals surface area (Å²) in [5.41, 5.74) is 1.89. The van der Waals surface area contributed by atoms with Gasteiger partial charge < -0.3 is 0 Å². The Morgan fingerprint density at radius 1 is 0.560 bits per heavy atom. The van der Waals surface area contributed by atoms with Crippen LogP contribution in [0.2, 0.25) is 0 Å². The maximum atomic E-state index is 12.5. The van der Waals surface area contributed by atoms with E-state index in [1.54, 1.807) is 12.1 Å². The molecule has 1 N–H and O–H groups in total. The first-order valence-corrected chi connectivity index (χ1v) is 11.4. The molecule has 128 valence electrons. The molecule has 2 aromatic rings. The van der Waals surface area contributed by atoms with Gasteiger partial charge in [0.05, 0.1) is 11.1 Å². The number of hydrogen-bond acceptors (Lipinski definition) is 2. The molecule has 25 heavy (non-hydrogen) atoms. The molecule has 0 aromatic heterocycles. The fourth-order valence-electron chi connectivity index (χ4n) is 2.41.